The monoisotopic (exact) mass is 694 g/mol. The number of carbonyl (C=O) groups is 3. The van der Waals surface area contributed by atoms with Crippen molar-refractivity contribution in [3.05, 3.63) is 64.7 Å². The number of rotatable bonds is 15. The number of hydrogen-bond acceptors (Lipinski definition) is 8. The summed E-state index contributed by atoms with van der Waals surface area (Å²) in [6.07, 6.45) is 3.03. The Morgan fingerprint density at radius 2 is 1.70 bits per heavy atom. The summed E-state index contributed by atoms with van der Waals surface area (Å²) in [6.45, 7) is 15.5. The van der Waals surface area contributed by atoms with Gasteiger partial charge >= 0.3 is 11.9 Å². The first-order valence-corrected chi connectivity index (χ1v) is 18.5. The zero-order valence-corrected chi connectivity index (χ0v) is 31.1. The molecule has 10 unspecified atom stereocenters. The maximum atomic E-state index is 14.1. The lowest BCUT2D eigenvalue weighted by atomic mass is 9.76. The molecule has 50 heavy (non-hydrogen) atoms. The molecule has 2 saturated heterocycles. The van der Waals surface area contributed by atoms with Crippen molar-refractivity contribution >= 4 is 17.7 Å². The molecular formula is C41H58O9. The van der Waals surface area contributed by atoms with Crippen LogP contribution in [0.1, 0.15) is 125 Å². The van der Waals surface area contributed by atoms with Crippen LogP contribution in [-0.4, -0.2) is 68.7 Å². The van der Waals surface area contributed by atoms with E-state index in [1.54, 1.807) is 56.3 Å². The summed E-state index contributed by atoms with van der Waals surface area (Å²) in [4.78, 5) is 39.4. The molecule has 0 radical (unpaired) electrons. The summed E-state index contributed by atoms with van der Waals surface area (Å²) in [6, 6.07) is 11.9. The Morgan fingerprint density at radius 1 is 1.02 bits per heavy atom. The lowest BCUT2D eigenvalue weighted by Crippen LogP contribution is -2.55. The van der Waals surface area contributed by atoms with Gasteiger partial charge in [0.05, 0.1) is 41.2 Å². The van der Waals surface area contributed by atoms with Gasteiger partial charge < -0.3 is 29.5 Å². The van der Waals surface area contributed by atoms with Crippen LogP contribution < -0.4 is 4.74 Å². The average Bonchev–Trinajstić information content (AvgIpc) is 3.45. The SMILES string of the molecule is CCC(C(=O)C(C)C(O)C(C)CCc1ccc(C)c(OC(=O)c2ccccc2)c1C(=O)O)C1OC(CC)(C2CCC(O)(CC)C(C)O2)CC1C. The summed E-state index contributed by atoms with van der Waals surface area (Å²) < 4.78 is 18.9. The van der Waals surface area contributed by atoms with E-state index >= 15 is 0 Å². The molecule has 2 aromatic rings. The third-order valence-corrected chi connectivity index (χ3v) is 11.8. The highest BCUT2D eigenvalue weighted by molar-refractivity contribution is 5.97. The van der Waals surface area contributed by atoms with E-state index in [2.05, 4.69) is 13.8 Å². The van der Waals surface area contributed by atoms with E-state index in [4.69, 9.17) is 14.2 Å². The van der Waals surface area contributed by atoms with Crippen molar-refractivity contribution in [3.8, 4) is 5.75 Å². The van der Waals surface area contributed by atoms with E-state index in [0.717, 1.165) is 12.8 Å². The first-order chi connectivity index (χ1) is 23.6. The Kier molecular flexibility index (Phi) is 13.1. The van der Waals surface area contributed by atoms with Crippen LogP contribution in [-0.2, 0) is 20.7 Å². The van der Waals surface area contributed by atoms with Crippen LogP contribution in [0.5, 0.6) is 5.75 Å². The van der Waals surface area contributed by atoms with Gasteiger partial charge in [0, 0.05) is 11.8 Å². The molecule has 2 aliphatic heterocycles. The molecule has 0 saturated carbocycles. The van der Waals surface area contributed by atoms with Gasteiger partial charge in [-0.15, -0.1) is 0 Å². The van der Waals surface area contributed by atoms with Gasteiger partial charge in [-0.05, 0) is 100 Å². The van der Waals surface area contributed by atoms with Crippen LogP contribution in [0.3, 0.4) is 0 Å². The fourth-order valence-corrected chi connectivity index (χ4v) is 8.29. The molecular weight excluding hydrogens is 636 g/mol. The number of Topliss-reactive ketones (excluding diaryl/α,β-unsaturated/α-hetero) is 1. The first kappa shape index (κ1) is 39.7. The lowest BCUT2D eigenvalue weighted by molar-refractivity contribution is -0.229. The molecule has 276 valence electrons. The number of aliphatic hydroxyl groups is 2. The number of ether oxygens (including phenoxy) is 3. The molecule has 9 nitrogen and oxygen atoms in total. The van der Waals surface area contributed by atoms with E-state index < -0.39 is 41.1 Å². The Bertz CT molecular complexity index is 1490. The molecule has 4 rings (SSSR count). The fraction of sp³-hybridized carbons (Fsp3) is 0.634. The Morgan fingerprint density at radius 3 is 2.28 bits per heavy atom. The normalized spacial score (nSPS) is 29.2. The Labute approximate surface area is 297 Å². The minimum atomic E-state index is -1.20. The highest BCUT2D eigenvalue weighted by Gasteiger charge is 2.55. The van der Waals surface area contributed by atoms with Gasteiger partial charge in [0.25, 0.3) is 0 Å². The van der Waals surface area contributed by atoms with Crippen molar-refractivity contribution in [3.63, 3.8) is 0 Å². The van der Waals surface area contributed by atoms with Crippen LogP contribution in [0.2, 0.25) is 0 Å². The summed E-state index contributed by atoms with van der Waals surface area (Å²) in [7, 11) is 0. The van der Waals surface area contributed by atoms with E-state index in [9.17, 15) is 29.7 Å². The maximum Gasteiger partial charge on any atom is 0.343 e. The number of carboxylic acid groups (broad SMARTS) is 1. The van der Waals surface area contributed by atoms with E-state index in [1.807, 2.05) is 27.7 Å². The molecule has 10 atom stereocenters. The van der Waals surface area contributed by atoms with Gasteiger partial charge in [0.2, 0.25) is 0 Å². The Hall–Kier alpha value is -3.11. The predicted molar refractivity (Wildman–Crippen MR) is 191 cm³/mol. The van der Waals surface area contributed by atoms with Gasteiger partial charge in [-0.3, -0.25) is 4.79 Å². The molecule has 0 bridgehead atoms. The van der Waals surface area contributed by atoms with E-state index in [0.29, 0.717) is 55.2 Å². The largest absolute Gasteiger partial charge is 0.478 e. The van der Waals surface area contributed by atoms with Gasteiger partial charge in [-0.1, -0.05) is 71.9 Å². The predicted octanol–water partition coefficient (Wildman–Crippen LogP) is 7.36. The second kappa shape index (κ2) is 16.5. The second-order valence-corrected chi connectivity index (χ2v) is 15.0. The third-order valence-electron chi connectivity index (χ3n) is 11.8. The summed E-state index contributed by atoms with van der Waals surface area (Å²) in [5.74, 6) is -3.15. The van der Waals surface area contributed by atoms with Gasteiger partial charge in [-0.25, -0.2) is 9.59 Å². The van der Waals surface area contributed by atoms with Crippen LogP contribution in [0.4, 0.5) is 0 Å². The number of carboxylic acids is 1. The zero-order valence-electron chi connectivity index (χ0n) is 31.1. The molecule has 0 spiro atoms. The molecule has 2 heterocycles. The van der Waals surface area contributed by atoms with E-state index in [1.165, 1.54) is 0 Å². The number of esters is 1. The number of benzene rings is 2. The van der Waals surface area contributed by atoms with Gasteiger partial charge in [0.1, 0.15) is 17.1 Å². The summed E-state index contributed by atoms with van der Waals surface area (Å²) in [5.41, 5.74) is -0.131. The molecule has 9 heteroatoms. The quantitative estimate of drug-likeness (QED) is 0.129. The number of hydrogen-bond donors (Lipinski definition) is 3. The minimum Gasteiger partial charge on any atom is -0.478 e. The summed E-state index contributed by atoms with van der Waals surface area (Å²) >= 11 is 0. The van der Waals surface area contributed by atoms with Crippen molar-refractivity contribution in [2.24, 2.45) is 23.7 Å². The molecule has 2 fully saturated rings. The third kappa shape index (κ3) is 8.17. The van der Waals surface area contributed by atoms with Crippen LogP contribution in [0.15, 0.2) is 42.5 Å². The van der Waals surface area contributed by atoms with E-state index in [-0.39, 0.29) is 47.2 Å². The molecule has 2 aliphatic rings. The number of aromatic carboxylic acids is 1. The average molecular weight is 695 g/mol. The van der Waals surface area contributed by atoms with Crippen molar-refractivity contribution in [2.45, 2.75) is 142 Å². The second-order valence-electron chi connectivity index (χ2n) is 15.0. The smallest absolute Gasteiger partial charge is 0.343 e. The van der Waals surface area contributed by atoms with Crippen molar-refractivity contribution in [1.29, 1.82) is 0 Å². The maximum absolute atomic E-state index is 14.1. The minimum absolute atomic E-state index is 0.00867. The molecule has 2 aromatic carbocycles. The number of ketones is 1. The fourth-order valence-electron chi connectivity index (χ4n) is 8.29. The zero-order chi connectivity index (χ0) is 37.0. The van der Waals surface area contributed by atoms with Crippen LogP contribution >= 0.6 is 0 Å². The molecule has 0 aliphatic carbocycles. The standard InChI is InChI=1S/C41H58O9/c1-9-31(36-26(6)23-41(11-3,50-36)32-21-22-40(47,10-2)28(8)48-32)35(43)27(7)34(42)24(4)17-19-29-20-18-25(5)37(33(29)38(44)45)49-39(46)30-15-13-12-14-16-30/h12-16,18,20,24,26-28,31-32,34,36,42,47H,9-11,17,19,21-23H2,1-8H3,(H,44,45). The highest BCUT2D eigenvalue weighted by Crippen LogP contribution is 2.48. The number of aryl methyl sites for hydroxylation is 2. The Balaban J connectivity index is 1.44. The van der Waals surface area contributed by atoms with Crippen molar-refractivity contribution < 1.29 is 43.9 Å². The topological polar surface area (TPSA) is 140 Å². The first-order valence-electron chi connectivity index (χ1n) is 18.5. The van der Waals surface area contributed by atoms with Crippen LogP contribution in [0.25, 0.3) is 0 Å². The molecule has 0 aromatic heterocycles. The number of aliphatic hydroxyl groups excluding tert-OH is 1. The van der Waals surface area contributed by atoms with Crippen molar-refractivity contribution in [2.75, 3.05) is 0 Å². The van der Waals surface area contributed by atoms with Crippen LogP contribution in [0, 0.1) is 30.6 Å². The highest BCUT2D eigenvalue weighted by atomic mass is 16.6. The molecule has 0 amide bonds. The van der Waals surface area contributed by atoms with Gasteiger partial charge in [0.15, 0.2) is 0 Å². The van der Waals surface area contributed by atoms with Crippen molar-refractivity contribution in [1.82, 2.24) is 0 Å². The summed E-state index contributed by atoms with van der Waals surface area (Å²) in [5, 5.41) is 32.6. The molecule has 3 N–H and O–H groups in total. The lowest BCUT2D eigenvalue weighted by Gasteiger charge is -2.47. The van der Waals surface area contributed by atoms with Gasteiger partial charge in [-0.2, -0.15) is 0 Å². The number of carbonyl (C=O) groups excluding carboxylic acids is 2.